The van der Waals surface area contributed by atoms with Gasteiger partial charge in [-0.05, 0) is 172 Å². The fourth-order valence-corrected chi connectivity index (χ4v) is 14.9. The summed E-state index contributed by atoms with van der Waals surface area (Å²) in [4.78, 5) is 2.41. The maximum absolute atomic E-state index is 6.49. The van der Waals surface area contributed by atoms with Crippen molar-refractivity contribution in [2.75, 3.05) is 4.90 Å². The first kappa shape index (κ1) is 49.9. The van der Waals surface area contributed by atoms with E-state index in [1.54, 1.807) is 0 Å². The number of hydrogen-bond acceptors (Lipinski definition) is 2. The van der Waals surface area contributed by atoms with Crippen molar-refractivity contribution in [3.63, 3.8) is 0 Å². The number of aromatic nitrogens is 1. The van der Waals surface area contributed by atoms with Gasteiger partial charge in [-0.1, -0.05) is 249 Å². The van der Waals surface area contributed by atoms with Crippen LogP contribution < -0.4 is 4.90 Å². The first-order valence-corrected chi connectivity index (χ1v) is 30.4. The van der Waals surface area contributed by atoms with Gasteiger partial charge >= 0.3 is 0 Å². The molecular formula is C85H54N2O. The van der Waals surface area contributed by atoms with Gasteiger partial charge in [-0.3, -0.25) is 0 Å². The molecule has 1 aliphatic carbocycles. The largest absolute Gasteiger partial charge is 0.455 e. The Balaban J connectivity index is 0.774. The maximum atomic E-state index is 6.49. The topological polar surface area (TPSA) is 21.3 Å². The van der Waals surface area contributed by atoms with Crippen LogP contribution in [0.15, 0.2) is 332 Å². The molecule has 1 aliphatic rings. The van der Waals surface area contributed by atoms with Crippen LogP contribution in [0.1, 0.15) is 22.3 Å². The molecule has 0 radical (unpaired) electrons. The van der Waals surface area contributed by atoms with Crippen LogP contribution in [0.2, 0.25) is 0 Å². The second kappa shape index (κ2) is 19.8. The van der Waals surface area contributed by atoms with Gasteiger partial charge in [0.05, 0.1) is 16.4 Å². The van der Waals surface area contributed by atoms with Crippen molar-refractivity contribution < 1.29 is 4.42 Å². The zero-order valence-corrected chi connectivity index (χ0v) is 48.0. The average molecular weight is 1120 g/mol. The van der Waals surface area contributed by atoms with Crippen LogP contribution in [0.4, 0.5) is 17.1 Å². The molecule has 18 rings (SSSR count). The molecular weight excluding hydrogens is 1060 g/mol. The summed E-state index contributed by atoms with van der Waals surface area (Å²) in [5.74, 6) is 0. The highest BCUT2D eigenvalue weighted by Gasteiger charge is 2.46. The van der Waals surface area contributed by atoms with Crippen LogP contribution in [0.5, 0.6) is 0 Å². The van der Waals surface area contributed by atoms with Crippen molar-refractivity contribution >= 4 is 93.1 Å². The quantitative estimate of drug-likeness (QED) is 0.134. The minimum Gasteiger partial charge on any atom is -0.455 e. The van der Waals surface area contributed by atoms with E-state index in [0.717, 1.165) is 89.1 Å². The van der Waals surface area contributed by atoms with Crippen molar-refractivity contribution in [3.05, 3.63) is 350 Å². The van der Waals surface area contributed by atoms with E-state index in [0.29, 0.717) is 0 Å². The molecule has 0 amide bonds. The van der Waals surface area contributed by atoms with Gasteiger partial charge in [0.25, 0.3) is 0 Å². The Morgan fingerprint density at radius 1 is 0.261 bits per heavy atom. The zero-order valence-electron chi connectivity index (χ0n) is 48.0. The summed E-state index contributed by atoms with van der Waals surface area (Å²) >= 11 is 0. The lowest BCUT2D eigenvalue weighted by molar-refractivity contribution is 0.670. The lowest BCUT2D eigenvalue weighted by Gasteiger charge is -2.35. The smallest absolute Gasteiger partial charge is 0.143 e. The van der Waals surface area contributed by atoms with Crippen molar-refractivity contribution in [2.45, 2.75) is 5.41 Å². The Morgan fingerprint density at radius 3 is 1.38 bits per heavy atom. The van der Waals surface area contributed by atoms with Crippen LogP contribution in [-0.2, 0) is 5.41 Å². The zero-order chi connectivity index (χ0) is 57.9. The summed E-state index contributed by atoms with van der Waals surface area (Å²) in [7, 11) is 0. The summed E-state index contributed by atoms with van der Waals surface area (Å²) in [6, 6.07) is 121. The standard InChI is InChI=1S/C85H54N2O/c1-4-19-60(20-5-1)85(61-21-6-2-7-22-61)79-33-16-14-29-72(79)73-48-46-65(54-80(73)85)86(62-23-8-3-9-24-62)63-43-39-56(40-44-63)59-42-50-82-78(52-59)77-51-58(55-35-37-57(38-36-55)66-31-18-32-75-74-30-15-17-34-83(74)88-84(66)75)41-49-81(77)87(82)64-45-47-71-69-27-11-10-25-67(69)68-26-12-13-28-70(68)76(71)53-64/h1-54H. The van der Waals surface area contributed by atoms with E-state index < -0.39 is 5.41 Å². The molecule has 410 valence electrons. The number of anilines is 3. The van der Waals surface area contributed by atoms with E-state index >= 15 is 0 Å². The molecule has 3 heteroatoms. The van der Waals surface area contributed by atoms with Gasteiger partial charge in [-0.2, -0.15) is 0 Å². The molecule has 3 nitrogen and oxygen atoms in total. The Morgan fingerprint density at radius 2 is 0.727 bits per heavy atom. The van der Waals surface area contributed by atoms with Crippen molar-refractivity contribution in [3.8, 4) is 50.2 Å². The Bertz CT molecular complexity index is 5530. The Kier molecular flexibility index (Phi) is 11.2. The van der Waals surface area contributed by atoms with Gasteiger partial charge in [-0.25, -0.2) is 0 Å². The third-order valence-electron chi connectivity index (χ3n) is 18.9. The van der Waals surface area contributed by atoms with Crippen LogP contribution in [0, 0.1) is 0 Å². The molecule has 0 spiro atoms. The lowest BCUT2D eigenvalue weighted by atomic mass is 9.67. The number of rotatable bonds is 9. The second-order valence-electron chi connectivity index (χ2n) is 23.5. The van der Waals surface area contributed by atoms with E-state index in [2.05, 4.69) is 331 Å². The Labute approximate surface area is 509 Å². The SMILES string of the molecule is c1ccc(N(c2ccc(-c3ccc4c(c3)c3cc(-c5ccc(-c6cccc7c6oc6ccccc67)cc5)ccc3n4-c3ccc4c5ccccc5c5ccccc5c4c3)cc2)c2ccc3c(c2)C(c2ccccc2)(c2ccccc2)c2ccccc2-3)cc1. The molecule has 2 heterocycles. The van der Waals surface area contributed by atoms with Crippen molar-refractivity contribution in [2.24, 2.45) is 0 Å². The predicted molar refractivity (Wildman–Crippen MR) is 369 cm³/mol. The molecule has 0 bridgehead atoms. The molecule has 2 aromatic heterocycles. The van der Waals surface area contributed by atoms with Gasteiger partial charge in [-0.15, -0.1) is 0 Å². The van der Waals surface area contributed by atoms with E-state index in [4.69, 9.17) is 4.42 Å². The number of nitrogens with zero attached hydrogens (tertiary/aromatic N) is 2. The highest BCUT2D eigenvalue weighted by Crippen LogP contribution is 2.57. The van der Waals surface area contributed by atoms with Crippen LogP contribution in [0.25, 0.3) is 126 Å². The second-order valence-corrected chi connectivity index (χ2v) is 23.5. The summed E-state index contributed by atoms with van der Waals surface area (Å²) < 4.78 is 8.96. The average Bonchev–Trinajstić information content (AvgIpc) is 1.62. The molecule has 0 N–H and O–H groups in total. The molecule has 0 fully saturated rings. The number of para-hydroxylation sites is 3. The van der Waals surface area contributed by atoms with Gasteiger partial charge in [0, 0.05) is 49.9 Å². The number of furan rings is 1. The lowest BCUT2D eigenvalue weighted by Crippen LogP contribution is -2.28. The highest BCUT2D eigenvalue weighted by molar-refractivity contribution is 6.26. The summed E-state index contributed by atoms with van der Waals surface area (Å²) in [6.07, 6.45) is 0. The van der Waals surface area contributed by atoms with Crippen molar-refractivity contribution in [1.29, 1.82) is 0 Å². The molecule has 0 atom stereocenters. The summed E-state index contributed by atoms with van der Waals surface area (Å²) in [5, 5.41) is 12.2. The van der Waals surface area contributed by atoms with E-state index in [1.165, 1.54) is 76.5 Å². The van der Waals surface area contributed by atoms with Gasteiger partial charge in [0.1, 0.15) is 11.2 Å². The van der Waals surface area contributed by atoms with Crippen LogP contribution >= 0.6 is 0 Å². The van der Waals surface area contributed by atoms with Crippen LogP contribution in [-0.4, -0.2) is 4.57 Å². The number of hydrogen-bond donors (Lipinski definition) is 0. The third-order valence-corrected chi connectivity index (χ3v) is 18.9. The predicted octanol–water partition coefficient (Wildman–Crippen LogP) is 23.0. The van der Waals surface area contributed by atoms with Gasteiger partial charge in [0.2, 0.25) is 0 Å². The van der Waals surface area contributed by atoms with E-state index in [-0.39, 0.29) is 0 Å². The van der Waals surface area contributed by atoms with Gasteiger partial charge in [0.15, 0.2) is 0 Å². The van der Waals surface area contributed by atoms with Crippen LogP contribution in [0.3, 0.4) is 0 Å². The first-order chi connectivity index (χ1) is 43.6. The molecule has 88 heavy (non-hydrogen) atoms. The molecule has 0 saturated carbocycles. The fraction of sp³-hybridized carbons (Fsp3) is 0.0118. The maximum Gasteiger partial charge on any atom is 0.143 e. The molecule has 0 saturated heterocycles. The van der Waals surface area contributed by atoms with Crippen molar-refractivity contribution in [1.82, 2.24) is 4.57 Å². The summed E-state index contributed by atoms with van der Waals surface area (Å²) in [6.45, 7) is 0. The van der Waals surface area contributed by atoms with Gasteiger partial charge < -0.3 is 13.9 Å². The fourth-order valence-electron chi connectivity index (χ4n) is 14.9. The minimum atomic E-state index is -0.520. The highest BCUT2D eigenvalue weighted by atomic mass is 16.3. The molecule has 0 aliphatic heterocycles. The third kappa shape index (κ3) is 7.57. The number of benzene rings is 15. The first-order valence-electron chi connectivity index (χ1n) is 30.4. The normalized spacial score (nSPS) is 12.6. The Hall–Kier alpha value is -11.5. The van der Waals surface area contributed by atoms with E-state index in [9.17, 15) is 0 Å². The van der Waals surface area contributed by atoms with E-state index in [1.807, 2.05) is 6.07 Å². The minimum absolute atomic E-state index is 0.520. The molecule has 0 unspecified atom stereocenters. The molecule has 17 aromatic rings. The molecule has 15 aromatic carbocycles. The number of fused-ring (bicyclic) bond motifs is 15. The monoisotopic (exact) mass is 1120 g/mol. The summed E-state index contributed by atoms with van der Waals surface area (Å²) in [5.41, 5.74) is 22.4.